The van der Waals surface area contributed by atoms with E-state index in [9.17, 15) is 0 Å². The zero-order chi connectivity index (χ0) is 13.5. The Morgan fingerprint density at radius 1 is 1.16 bits per heavy atom. The maximum absolute atomic E-state index is 5.86. The van der Waals surface area contributed by atoms with Gasteiger partial charge in [0.1, 0.15) is 5.75 Å². The molecule has 0 N–H and O–H groups in total. The number of hydrogen-bond donors (Lipinski definition) is 0. The fraction of sp³-hybridized carbons (Fsp3) is 0.312. The Morgan fingerprint density at radius 3 is 2.63 bits per heavy atom. The molecule has 2 aromatic rings. The molecule has 1 aromatic heterocycles. The molecular formula is C16H18ClNO. The van der Waals surface area contributed by atoms with Crippen molar-refractivity contribution in [1.29, 1.82) is 0 Å². The van der Waals surface area contributed by atoms with Crippen LogP contribution < -0.4 is 4.74 Å². The Bertz CT molecular complexity index is 510. The predicted molar refractivity (Wildman–Crippen MR) is 78.9 cm³/mol. The van der Waals surface area contributed by atoms with Crippen LogP contribution in [-0.2, 0) is 12.3 Å². The lowest BCUT2D eigenvalue weighted by Gasteiger charge is -2.08. The molecule has 1 aromatic carbocycles. The number of alkyl halides is 1. The van der Waals surface area contributed by atoms with Gasteiger partial charge in [-0.05, 0) is 36.6 Å². The number of aryl methyl sites for hydroxylation is 1. The van der Waals surface area contributed by atoms with Gasteiger partial charge in [0.15, 0.2) is 0 Å². The van der Waals surface area contributed by atoms with Crippen LogP contribution in [0.2, 0.25) is 0 Å². The minimum absolute atomic E-state index is 0.401. The van der Waals surface area contributed by atoms with Crippen molar-refractivity contribution in [3.05, 3.63) is 53.7 Å². The van der Waals surface area contributed by atoms with Gasteiger partial charge in [-0.15, -0.1) is 11.6 Å². The number of nitrogens with zero attached hydrogens (tertiary/aromatic N) is 1. The van der Waals surface area contributed by atoms with Crippen molar-refractivity contribution < 1.29 is 4.74 Å². The van der Waals surface area contributed by atoms with Crippen molar-refractivity contribution in [1.82, 2.24) is 4.98 Å². The number of rotatable bonds is 6. The van der Waals surface area contributed by atoms with Crippen LogP contribution in [0.1, 0.15) is 30.9 Å². The molecule has 100 valence electrons. The van der Waals surface area contributed by atoms with Gasteiger partial charge in [-0.1, -0.05) is 31.5 Å². The highest BCUT2D eigenvalue weighted by Crippen LogP contribution is 2.24. The van der Waals surface area contributed by atoms with E-state index in [4.69, 9.17) is 16.3 Å². The van der Waals surface area contributed by atoms with E-state index in [0.29, 0.717) is 11.8 Å². The van der Waals surface area contributed by atoms with Crippen LogP contribution in [-0.4, -0.2) is 4.98 Å². The Labute approximate surface area is 119 Å². The lowest BCUT2D eigenvalue weighted by atomic mass is 10.1. The van der Waals surface area contributed by atoms with Crippen molar-refractivity contribution in [3.63, 3.8) is 0 Å². The molecule has 0 saturated heterocycles. The highest BCUT2D eigenvalue weighted by Gasteiger charge is 2.04. The highest BCUT2D eigenvalue weighted by atomic mass is 35.5. The third-order valence-corrected chi connectivity index (χ3v) is 3.24. The summed E-state index contributed by atoms with van der Waals surface area (Å²) in [4.78, 5) is 4.21. The van der Waals surface area contributed by atoms with E-state index >= 15 is 0 Å². The van der Waals surface area contributed by atoms with Crippen molar-refractivity contribution in [2.45, 2.75) is 32.1 Å². The molecule has 0 saturated carbocycles. The van der Waals surface area contributed by atoms with Gasteiger partial charge in [-0.2, -0.15) is 0 Å². The van der Waals surface area contributed by atoms with Crippen LogP contribution in [0.15, 0.2) is 42.6 Å². The second-order valence-corrected chi connectivity index (χ2v) is 4.72. The van der Waals surface area contributed by atoms with Crippen molar-refractivity contribution in [2.24, 2.45) is 0 Å². The SMILES string of the molecule is CCCCc1ccc(Oc2ncccc2CCl)cc1. The largest absolute Gasteiger partial charge is 0.439 e. The van der Waals surface area contributed by atoms with Gasteiger partial charge in [-0.3, -0.25) is 0 Å². The van der Waals surface area contributed by atoms with Crippen LogP contribution in [0.3, 0.4) is 0 Å². The molecule has 0 atom stereocenters. The third-order valence-electron chi connectivity index (χ3n) is 2.95. The van der Waals surface area contributed by atoms with Gasteiger partial charge in [0, 0.05) is 11.8 Å². The summed E-state index contributed by atoms with van der Waals surface area (Å²) < 4.78 is 5.76. The van der Waals surface area contributed by atoms with E-state index in [-0.39, 0.29) is 0 Å². The highest BCUT2D eigenvalue weighted by molar-refractivity contribution is 6.17. The summed E-state index contributed by atoms with van der Waals surface area (Å²) in [6.07, 6.45) is 5.26. The summed E-state index contributed by atoms with van der Waals surface area (Å²) in [7, 11) is 0. The fourth-order valence-corrected chi connectivity index (χ4v) is 2.04. The summed E-state index contributed by atoms with van der Waals surface area (Å²) in [6.45, 7) is 2.20. The zero-order valence-electron chi connectivity index (χ0n) is 11.1. The maximum Gasteiger partial charge on any atom is 0.223 e. The van der Waals surface area contributed by atoms with Crippen molar-refractivity contribution >= 4 is 11.6 Å². The molecule has 0 fully saturated rings. The van der Waals surface area contributed by atoms with Gasteiger partial charge in [0.2, 0.25) is 5.88 Å². The first-order valence-electron chi connectivity index (χ1n) is 6.60. The van der Waals surface area contributed by atoms with E-state index < -0.39 is 0 Å². The van der Waals surface area contributed by atoms with Crippen LogP contribution in [0.4, 0.5) is 0 Å². The van der Waals surface area contributed by atoms with Crippen molar-refractivity contribution in [3.8, 4) is 11.6 Å². The van der Waals surface area contributed by atoms with E-state index in [1.165, 1.54) is 18.4 Å². The standard InChI is InChI=1S/C16H18ClNO/c1-2-3-5-13-7-9-15(10-8-13)19-16-14(12-17)6-4-11-18-16/h4,6-11H,2-3,5,12H2,1H3. The molecule has 1 heterocycles. The van der Waals surface area contributed by atoms with Crippen LogP contribution in [0.5, 0.6) is 11.6 Å². The van der Waals surface area contributed by atoms with Gasteiger partial charge < -0.3 is 4.74 Å². The van der Waals surface area contributed by atoms with Crippen LogP contribution in [0, 0.1) is 0 Å². The molecule has 3 heteroatoms. The number of pyridine rings is 1. The molecule has 0 amide bonds. The van der Waals surface area contributed by atoms with E-state index in [2.05, 4.69) is 24.0 Å². The first-order valence-corrected chi connectivity index (χ1v) is 7.13. The minimum Gasteiger partial charge on any atom is -0.439 e. The lowest BCUT2D eigenvalue weighted by molar-refractivity contribution is 0.458. The molecule has 2 rings (SSSR count). The van der Waals surface area contributed by atoms with E-state index in [0.717, 1.165) is 17.7 Å². The molecular weight excluding hydrogens is 258 g/mol. The smallest absolute Gasteiger partial charge is 0.223 e. The van der Waals surface area contributed by atoms with Gasteiger partial charge in [-0.25, -0.2) is 4.98 Å². The Kier molecular flexibility index (Phi) is 5.22. The molecule has 0 aliphatic rings. The number of hydrogen-bond acceptors (Lipinski definition) is 2. The Hall–Kier alpha value is -1.54. The summed E-state index contributed by atoms with van der Waals surface area (Å²) in [5.74, 6) is 1.78. The molecule has 0 spiro atoms. The number of unbranched alkanes of at least 4 members (excludes halogenated alkanes) is 1. The number of halogens is 1. The first kappa shape index (κ1) is 13.9. The van der Waals surface area contributed by atoms with Gasteiger partial charge in [0.25, 0.3) is 0 Å². The minimum atomic E-state index is 0.401. The average molecular weight is 276 g/mol. The maximum atomic E-state index is 5.86. The molecule has 2 nitrogen and oxygen atoms in total. The van der Waals surface area contributed by atoms with E-state index in [1.54, 1.807) is 6.20 Å². The zero-order valence-corrected chi connectivity index (χ0v) is 11.9. The topological polar surface area (TPSA) is 22.1 Å². The van der Waals surface area contributed by atoms with Crippen LogP contribution >= 0.6 is 11.6 Å². The van der Waals surface area contributed by atoms with Crippen LogP contribution in [0.25, 0.3) is 0 Å². The summed E-state index contributed by atoms with van der Waals surface area (Å²) in [6, 6.07) is 12.0. The molecule has 19 heavy (non-hydrogen) atoms. The predicted octanol–water partition coefficient (Wildman–Crippen LogP) is 4.96. The lowest BCUT2D eigenvalue weighted by Crippen LogP contribution is -1.93. The summed E-state index contributed by atoms with van der Waals surface area (Å²) in [5, 5.41) is 0. The summed E-state index contributed by atoms with van der Waals surface area (Å²) in [5.41, 5.74) is 2.24. The normalized spacial score (nSPS) is 10.4. The third kappa shape index (κ3) is 3.97. The Balaban J connectivity index is 2.06. The first-order chi connectivity index (χ1) is 9.33. The number of ether oxygens (including phenoxy) is 1. The van der Waals surface area contributed by atoms with Gasteiger partial charge in [0.05, 0.1) is 5.88 Å². The van der Waals surface area contributed by atoms with Crippen molar-refractivity contribution in [2.75, 3.05) is 0 Å². The number of benzene rings is 1. The van der Waals surface area contributed by atoms with E-state index in [1.807, 2.05) is 24.3 Å². The molecule has 0 aliphatic carbocycles. The fourth-order valence-electron chi connectivity index (χ4n) is 1.83. The monoisotopic (exact) mass is 275 g/mol. The van der Waals surface area contributed by atoms with Gasteiger partial charge >= 0.3 is 0 Å². The second-order valence-electron chi connectivity index (χ2n) is 4.45. The Morgan fingerprint density at radius 2 is 1.95 bits per heavy atom. The summed E-state index contributed by atoms with van der Waals surface area (Å²) >= 11 is 5.86. The molecule has 0 bridgehead atoms. The quantitative estimate of drug-likeness (QED) is 0.696. The molecule has 0 radical (unpaired) electrons. The second kappa shape index (κ2) is 7.15. The average Bonchev–Trinajstić information content (AvgIpc) is 2.47. The molecule has 0 aliphatic heterocycles. The number of aromatic nitrogens is 1. The molecule has 0 unspecified atom stereocenters.